The molecule has 0 aromatic carbocycles. The van der Waals surface area contributed by atoms with Gasteiger partial charge in [0.15, 0.2) is 0 Å². The van der Waals surface area contributed by atoms with E-state index in [1.165, 1.54) is 0 Å². The Morgan fingerprint density at radius 1 is 1.58 bits per heavy atom. The van der Waals surface area contributed by atoms with Crippen LogP contribution in [0.1, 0.15) is 12.0 Å². The van der Waals surface area contributed by atoms with Gasteiger partial charge in [0.1, 0.15) is 9.39 Å². The van der Waals surface area contributed by atoms with Crippen molar-refractivity contribution >= 4 is 22.6 Å². The number of hydrogen-bond donors (Lipinski definition) is 0. The monoisotopic (exact) mass is 280 g/mol. The van der Waals surface area contributed by atoms with Crippen molar-refractivity contribution in [1.29, 1.82) is 0 Å². The van der Waals surface area contributed by atoms with E-state index in [0.717, 1.165) is 9.39 Å². The van der Waals surface area contributed by atoms with Crippen LogP contribution in [0.25, 0.3) is 0 Å². The third-order valence-corrected chi connectivity index (χ3v) is 2.61. The molecular weight excluding hydrogens is 271 g/mol. The van der Waals surface area contributed by atoms with E-state index < -0.39 is 0 Å². The fourth-order valence-electron chi connectivity index (χ4n) is 1.19. The number of aryl methyl sites for hydroxylation is 1. The quantitative estimate of drug-likeness (QED) is 0.722. The van der Waals surface area contributed by atoms with Crippen LogP contribution in [0.4, 0.5) is 0 Å². The molecule has 5 heteroatoms. The highest BCUT2D eigenvalue weighted by Crippen LogP contribution is 2.25. The van der Waals surface area contributed by atoms with E-state index in [1.54, 1.807) is 6.33 Å². The van der Waals surface area contributed by atoms with Gasteiger partial charge in [-0.1, -0.05) is 0 Å². The zero-order chi connectivity index (χ0) is 8.55. The third kappa shape index (κ3) is 1.36. The smallest absolute Gasteiger partial charge is 0.201 e. The zero-order valence-corrected chi connectivity index (χ0v) is 8.82. The van der Waals surface area contributed by atoms with Crippen molar-refractivity contribution in [2.75, 3.05) is 13.2 Å². The molecule has 0 N–H and O–H groups in total. The van der Waals surface area contributed by atoms with Crippen LogP contribution in [0.5, 0.6) is 0 Å². The maximum Gasteiger partial charge on any atom is 0.201 e. The van der Waals surface area contributed by atoms with E-state index in [2.05, 4.69) is 27.6 Å². The SMILES string of the molecule is Cn1cnc(I)c1C1OCCO1. The van der Waals surface area contributed by atoms with Crippen molar-refractivity contribution in [2.24, 2.45) is 7.05 Å². The first-order valence-electron chi connectivity index (χ1n) is 3.69. The predicted octanol–water partition coefficient (Wildman–Crippen LogP) is 1.07. The molecule has 1 aliphatic heterocycles. The normalized spacial score (nSPS) is 18.8. The maximum absolute atomic E-state index is 5.37. The van der Waals surface area contributed by atoms with Gasteiger partial charge in [-0.25, -0.2) is 4.98 Å². The Kier molecular flexibility index (Phi) is 2.33. The van der Waals surface area contributed by atoms with Crippen molar-refractivity contribution < 1.29 is 9.47 Å². The van der Waals surface area contributed by atoms with Gasteiger partial charge >= 0.3 is 0 Å². The minimum atomic E-state index is -0.218. The number of hydrogen-bond acceptors (Lipinski definition) is 3. The summed E-state index contributed by atoms with van der Waals surface area (Å²) >= 11 is 2.18. The molecule has 1 aliphatic rings. The standard InChI is InChI=1S/C7H9IN2O2/c1-10-4-9-6(8)5(10)7-11-2-3-12-7/h4,7H,2-3H2,1H3. The van der Waals surface area contributed by atoms with E-state index in [4.69, 9.17) is 9.47 Å². The van der Waals surface area contributed by atoms with Crippen molar-refractivity contribution in [3.05, 3.63) is 15.7 Å². The Morgan fingerprint density at radius 3 is 2.75 bits per heavy atom. The summed E-state index contributed by atoms with van der Waals surface area (Å²) < 4.78 is 13.6. The van der Waals surface area contributed by atoms with Crippen LogP contribution < -0.4 is 0 Å². The minimum absolute atomic E-state index is 0.218. The van der Waals surface area contributed by atoms with Crippen LogP contribution in [-0.2, 0) is 16.5 Å². The summed E-state index contributed by atoms with van der Waals surface area (Å²) in [5.74, 6) is 0. The van der Waals surface area contributed by atoms with Crippen LogP contribution in [0.3, 0.4) is 0 Å². The van der Waals surface area contributed by atoms with Gasteiger partial charge in [-0.15, -0.1) is 0 Å². The molecule has 0 amide bonds. The number of rotatable bonds is 1. The van der Waals surface area contributed by atoms with Gasteiger partial charge < -0.3 is 14.0 Å². The molecule has 1 saturated heterocycles. The molecule has 0 bridgehead atoms. The van der Waals surface area contributed by atoms with E-state index in [1.807, 2.05) is 11.6 Å². The molecule has 2 rings (SSSR count). The van der Waals surface area contributed by atoms with Crippen LogP contribution in [0.2, 0.25) is 0 Å². The Labute approximate surface area is 84.0 Å². The topological polar surface area (TPSA) is 36.3 Å². The first kappa shape index (κ1) is 8.46. The second kappa shape index (κ2) is 3.31. The van der Waals surface area contributed by atoms with Gasteiger partial charge in [-0.05, 0) is 22.6 Å². The fraction of sp³-hybridized carbons (Fsp3) is 0.571. The van der Waals surface area contributed by atoms with Gasteiger partial charge in [0.2, 0.25) is 6.29 Å². The largest absolute Gasteiger partial charge is 0.345 e. The summed E-state index contributed by atoms with van der Waals surface area (Å²) in [7, 11) is 1.94. The average molecular weight is 280 g/mol. The van der Waals surface area contributed by atoms with E-state index in [-0.39, 0.29) is 6.29 Å². The molecule has 0 spiro atoms. The number of imidazole rings is 1. The zero-order valence-electron chi connectivity index (χ0n) is 6.66. The second-order valence-corrected chi connectivity index (χ2v) is 3.63. The molecule has 0 radical (unpaired) electrons. The Hall–Kier alpha value is -0.140. The average Bonchev–Trinajstić information content (AvgIpc) is 2.61. The summed E-state index contributed by atoms with van der Waals surface area (Å²) in [5, 5.41) is 0. The van der Waals surface area contributed by atoms with Crippen molar-refractivity contribution in [2.45, 2.75) is 6.29 Å². The van der Waals surface area contributed by atoms with Crippen LogP contribution in [0, 0.1) is 3.70 Å². The van der Waals surface area contributed by atoms with Crippen LogP contribution in [0.15, 0.2) is 6.33 Å². The summed E-state index contributed by atoms with van der Waals surface area (Å²) in [5.41, 5.74) is 1.01. The fourth-order valence-corrected chi connectivity index (χ4v) is 1.95. The molecule has 0 atom stereocenters. The lowest BCUT2D eigenvalue weighted by Crippen LogP contribution is -2.05. The third-order valence-electron chi connectivity index (χ3n) is 1.78. The second-order valence-electron chi connectivity index (χ2n) is 2.61. The molecule has 12 heavy (non-hydrogen) atoms. The van der Waals surface area contributed by atoms with Gasteiger partial charge in [-0.2, -0.15) is 0 Å². The highest BCUT2D eigenvalue weighted by Gasteiger charge is 2.23. The van der Waals surface area contributed by atoms with E-state index in [9.17, 15) is 0 Å². The summed E-state index contributed by atoms with van der Waals surface area (Å²) in [4.78, 5) is 4.15. The predicted molar refractivity (Wildman–Crippen MR) is 50.6 cm³/mol. The molecule has 1 aromatic heterocycles. The van der Waals surface area contributed by atoms with Gasteiger partial charge in [-0.3, -0.25) is 0 Å². The summed E-state index contributed by atoms with van der Waals surface area (Å²) in [6.07, 6.45) is 1.55. The molecule has 4 nitrogen and oxygen atoms in total. The van der Waals surface area contributed by atoms with Gasteiger partial charge in [0.25, 0.3) is 0 Å². The van der Waals surface area contributed by atoms with Crippen molar-refractivity contribution in [1.82, 2.24) is 9.55 Å². The number of nitrogens with zero attached hydrogens (tertiary/aromatic N) is 2. The maximum atomic E-state index is 5.37. The molecule has 66 valence electrons. The molecule has 2 heterocycles. The van der Waals surface area contributed by atoms with Crippen LogP contribution in [-0.4, -0.2) is 22.8 Å². The lowest BCUT2D eigenvalue weighted by molar-refractivity contribution is -0.0498. The van der Waals surface area contributed by atoms with Gasteiger partial charge in [0.05, 0.1) is 19.5 Å². The van der Waals surface area contributed by atoms with Crippen LogP contribution >= 0.6 is 22.6 Å². The highest BCUT2D eigenvalue weighted by atomic mass is 127. The lowest BCUT2D eigenvalue weighted by Gasteiger charge is -2.09. The number of halogens is 1. The van der Waals surface area contributed by atoms with E-state index >= 15 is 0 Å². The summed E-state index contributed by atoms with van der Waals surface area (Å²) in [6.45, 7) is 1.35. The number of aromatic nitrogens is 2. The molecule has 0 aliphatic carbocycles. The van der Waals surface area contributed by atoms with E-state index in [0.29, 0.717) is 13.2 Å². The molecule has 0 unspecified atom stereocenters. The molecule has 1 fully saturated rings. The first-order chi connectivity index (χ1) is 5.79. The Bertz CT molecular complexity index is 261. The summed E-state index contributed by atoms with van der Waals surface area (Å²) in [6, 6.07) is 0. The highest BCUT2D eigenvalue weighted by molar-refractivity contribution is 14.1. The molecule has 0 saturated carbocycles. The van der Waals surface area contributed by atoms with Gasteiger partial charge in [0, 0.05) is 7.05 Å². The molecule has 1 aromatic rings. The Balaban J connectivity index is 2.30. The molecular formula is C7H9IN2O2. The Morgan fingerprint density at radius 2 is 2.25 bits per heavy atom. The van der Waals surface area contributed by atoms with Crippen molar-refractivity contribution in [3.8, 4) is 0 Å². The number of ether oxygens (including phenoxy) is 2. The minimum Gasteiger partial charge on any atom is -0.345 e. The van der Waals surface area contributed by atoms with Crippen molar-refractivity contribution in [3.63, 3.8) is 0 Å². The first-order valence-corrected chi connectivity index (χ1v) is 4.77. The lowest BCUT2D eigenvalue weighted by atomic mass is 10.4.